The number of ether oxygens (including phenoxy) is 2. The molecule has 1 N–H and O–H groups in total. The van der Waals surface area contributed by atoms with Crippen LogP contribution in [0, 0.1) is 0 Å². The lowest BCUT2D eigenvalue weighted by molar-refractivity contribution is -0.132. The van der Waals surface area contributed by atoms with E-state index in [1.54, 1.807) is 24.3 Å². The van der Waals surface area contributed by atoms with E-state index < -0.39 is 12.3 Å². The Bertz CT molecular complexity index is 444. The summed E-state index contributed by atoms with van der Waals surface area (Å²) in [4.78, 5) is 13.0. The maximum Gasteiger partial charge on any atom is 0.260 e. The summed E-state index contributed by atoms with van der Waals surface area (Å²) in [6.07, 6.45) is -2.48. The molecule has 2 rings (SSSR count). The maximum absolute atomic E-state index is 13.1. The summed E-state index contributed by atoms with van der Waals surface area (Å²) in [6.45, 7) is -0.287. The van der Waals surface area contributed by atoms with Crippen molar-refractivity contribution in [3.8, 4) is 11.5 Å². The molecule has 19 heavy (non-hydrogen) atoms. The summed E-state index contributed by atoms with van der Waals surface area (Å²) in [5, 5.41) is 9.25. The number of likely N-dealkylation sites (tertiary alicyclic amines) is 1. The Morgan fingerprint density at radius 1 is 1.42 bits per heavy atom. The van der Waals surface area contributed by atoms with Gasteiger partial charge in [0.25, 0.3) is 5.91 Å². The van der Waals surface area contributed by atoms with Crippen molar-refractivity contribution >= 4 is 5.91 Å². The molecule has 0 unspecified atom stereocenters. The average molecular weight is 269 g/mol. The number of nitrogens with zero attached hydrogens (tertiary/aromatic N) is 1. The number of aliphatic hydroxyl groups is 1. The molecule has 1 aliphatic rings. The minimum atomic E-state index is -1.38. The highest BCUT2D eigenvalue weighted by Crippen LogP contribution is 2.25. The quantitative estimate of drug-likeness (QED) is 0.870. The molecule has 1 saturated heterocycles. The molecule has 1 aromatic rings. The third-order valence-electron chi connectivity index (χ3n) is 2.99. The first-order valence-corrected chi connectivity index (χ1v) is 5.97. The molecule has 0 radical (unpaired) electrons. The molecule has 0 bridgehead atoms. The monoisotopic (exact) mass is 269 g/mol. The predicted octanol–water partition coefficient (Wildman–Crippen LogP) is 0.615. The highest BCUT2D eigenvalue weighted by atomic mass is 19.1. The van der Waals surface area contributed by atoms with Gasteiger partial charge in [0.2, 0.25) is 0 Å². The van der Waals surface area contributed by atoms with Crippen LogP contribution in [0.2, 0.25) is 0 Å². The Morgan fingerprint density at radius 2 is 2.11 bits per heavy atom. The number of hydrogen-bond donors (Lipinski definition) is 1. The van der Waals surface area contributed by atoms with Gasteiger partial charge in [-0.05, 0) is 12.1 Å². The zero-order valence-corrected chi connectivity index (χ0v) is 10.6. The van der Waals surface area contributed by atoms with Crippen LogP contribution < -0.4 is 9.47 Å². The van der Waals surface area contributed by atoms with Gasteiger partial charge in [-0.3, -0.25) is 4.79 Å². The summed E-state index contributed by atoms with van der Waals surface area (Å²) in [5.41, 5.74) is 0. The van der Waals surface area contributed by atoms with Gasteiger partial charge in [-0.2, -0.15) is 0 Å². The number of methoxy groups -OCH3 is 1. The molecule has 1 amide bonds. The molecule has 0 saturated carbocycles. The number of benzene rings is 1. The lowest BCUT2D eigenvalue weighted by Gasteiger charge is -2.16. The number of carbonyl (C=O) groups is 1. The third kappa shape index (κ3) is 3.14. The van der Waals surface area contributed by atoms with Crippen LogP contribution in [0.4, 0.5) is 4.39 Å². The average Bonchev–Trinajstić information content (AvgIpc) is 2.76. The van der Waals surface area contributed by atoms with E-state index in [-0.39, 0.29) is 25.6 Å². The van der Waals surface area contributed by atoms with Crippen LogP contribution >= 0.6 is 0 Å². The SMILES string of the molecule is COc1ccccc1OCC(=O)N1C[C@@H](O)[C@H](F)C1. The molecule has 1 fully saturated rings. The molecular formula is C13H16FNO4. The molecule has 1 aliphatic heterocycles. The first kappa shape index (κ1) is 13.6. The Balaban J connectivity index is 1.90. The number of hydrogen-bond acceptors (Lipinski definition) is 4. The van der Waals surface area contributed by atoms with E-state index in [0.717, 1.165) is 0 Å². The van der Waals surface area contributed by atoms with E-state index in [0.29, 0.717) is 11.5 Å². The zero-order chi connectivity index (χ0) is 13.8. The third-order valence-corrected chi connectivity index (χ3v) is 2.99. The second kappa shape index (κ2) is 5.88. The van der Waals surface area contributed by atoms with Gasteiger partial charge in [-0.25, -0.2) is 4.39 Å². The van der Waals surface area contributed by atoms with E-state index >= 15 is 0 Å². The summed E-state index contributed by atoms with van der Waals surface area (Å²) in [5.74, 6) is 0.625. The van der Waals surface area contributed by atoms with Gasteiger partial charge in [-0.15, -0.1) is 0 Å². The molecule has 0 aliphatic carbocycles. The number of alkyl halides is 1. The van der Waals surface area contributed by atoms with Gasteiger partial charge in [0.1, 0.15) is 12.3 Å². The fourth-order valence-corrected chi connectivity index (χ4v) is 1.92. The van der Waals surface area contributed by atoms with Crippen LogP contribution in [0.3, 0.4) is 0 Å². The number of rotatable bonds is 4. The zero-order valence-electron chi connectivity index (χ0n) is 10.6. The Labute approximate surface area is 110 Å². The van der Waals surface area contributed by atoms with Crippen molar-refractivity contribution in [3.05, 3.63) is 24.3 Å². The lowest BCUT2D eigenvalue weighted by Crippen LogP contribution is -2.33. The van der Waals surface area contributed by atoms with Gasteiger partial charge in [0, 0.05) is 6.54 Å². The van der Waals surface area contributed by atoms with Gasteiger partial charge in [-0.1, -0.05) is 12.1 Å². The normalized spacial score (nSPS) is 22.4. The second-order valence-electron chi connectivity index (χ2n) is 4.32. The van der Waals surface area contributed by atoms with Gasteiger partial charge in [0.15, 0.2) is 18.1 Å². The summed E-state index contributed by atoms with van der Waals surface area (Å²) < 4.78 is 23.5. The highest BCUT2D eigenvalue weighted by molar-refractivity contribution is 5.78. The van der Waals surface area contributed by atoms with Gasteiger partial charge >= 0.3 is 0 Å². The first-order chi connectivity index (χ1) is 9.11. The van der Waals surface area contributed by atoms with Crippen LogP contribution in [-0.4, -0.2) is 55.0 Å². The molecule has 0 aromatic heterocycles. The number of aliphatic hydroxyl groups excluding tert-OH is 1. The minimum absolute atomic E-state index is 0.00921. The maximum atomic E-state index is 13.1. The van der Waals surface area contributed by atoms with Crippen LogP contribution in [0.15, 0.2) is 24.3 Å². The fourth-order valence-electron chi connectivity index (χ4n) is 1.92. The number of amides is 1. The second-order valence-corrected chi connectivity index (χ2v) is 4.32. The molecule has 2 atom stereocenters. The summed E-state index contributed by atoms with van der Waals surface area (Å²) in [6, 6.07) is 6.96. The fraction of sp³-hybridized carbons (Fsp3) is 0.462. The highest BCUT2D eigenvalue weighted by Gasteiger charge is 2.34. The lowest BCUT2D eigenvalue weighted by atomic mass is 10.3. The number of β-amino-alcohol motifs (C(OH)–C–C–N with tert-alkyl or cyclic N) is 1. The van der Waals surface area contributed by atoms with E-state index in [9.17, 15) is 14.3 Å². The van der Waals surface area contributed by atoms with Crippen molar-refractivity contribution in [2.45, 2.75) is 12.3 Å². The number of halogens is 1. The van der Waals surface area contributed by atoms with E-state index in [1.165, 1.54) is 12.0 Å². The van der Waals surface area contributed by atoms with Gasteiger partial charge < -0.3 is 19.5 Å². The predicted molar refractivity (Wildman–Crippen MR) is 66.0 cm³/mol. The molecule has 1 aromatic carbocycles. The molecule has 5 nitrogen and oxygen atoms in total. The van der Waals surface area contributed by atoms with Crippen LogP contribution in [0.1, 0.15) is 0 Å². The van der Waals surface area contributed by atoms with Gasteiger partial charge in [0.05, 0.1) is 13.7 Å². The number of carbonyl (C=O) groups excluding carboxylic acids is 1. The van der Waals surface area contributed by atoms with E-state index in [4.69, 9.17) is 9.47 Å². The Kier molecular flexibility index (Phi) is 4.21. The van der Waals surface area contributed by atoms with Crippen molar-refractivity contribution in [1.82, 2.24) is 4.90 Å². The van der Waals surface area contributed by atoms with Crippen molar-refractivity contribution in [1.29, 1.82) is 0 Å². The van der Waals surface area contributed by atoms with Crippen molar-refractivity contribution in [2.75, 3.05) is 26.8 Å². The van der Waals surface area contributed by atoms with Crippen molar-refractivity contribution < 1.29 is 23.8 Å². The topological polar surface area (TPSA) is 59.0 Å². The molecular weight excluding hydrogens is 253 g/mol. The molecule has 104 valence electrons. The molecule has 0 spiro atoms. The Morgan fingerprint density at radius 3 is 2.68 bits per heavy atom. The Hall–Kier alpha value is -1.82. The first-order valence-electron chi connectivity index (χ1n) is 5.97. The standard InChI is InChI=1S/C13H16FNO4/c1-18-11-4-2-3-5-12(11)19-8-13(17)15-6-9(14)10(16)7-15/h2-5,9-10,16H,6-8H2,1H3/t9-,10-/m1/s1. The minimum Gasteiger partial charge on any atom is -0.493 e. The largest absolute Gasteiger partial charge is 0.493 e. The number of para-hydroxylation sites is 2. The van der Waals surface area contributed by atoms with Crippen molar-refractivity contribution in [2.24, 2.45) is 0 Å². The summed E-state index contributed by atoms with van der Waals surface area (Å²) >= 11 is 0. The summed E-state index contributed by atoms with van der Waals surface area (Å²) in [7, 11) is 1.51. The van der Waals surface area contributed by atoms with E-state index in [2.05, 4.69) is 0 Å². The van der Waals surface area contributed by atoms with Crippen LogP contribution in [0.5, 0.6) is 11.5 Å². The van der Waals surface area contributed by atoms with Crippen LogP contribution in [-0.2, 0) is 4.79 Å². The molecule has 6 heteroatoms. The van der Waals surface area contributed by atoms with E-state index in [1.807, 2.05) is 0 Å². The smallest absolute Gasteiger partial charge is 0.260 e. The molecule has 1 heterocycles. The van der Waals surface area contributed by atoms with Crippen LogP contribution in [0.25, 0.3) is 0 Å². The van der Waals surface area contributed by atoms with Crippen molar-refractivity contribution in [3.63, 3.8) is 0 Å².